The van der Waals surface area contributed by atoms with Gasteiger partial charge in [-0.3, -0.25) is 4.79 Å². The molecule has 0 spiro atoms. The molecule has 1 aromatic rings. The van der Waals surface area contributed by atoms with Crippen molar-refractivity contribution in [3.8, 4) is 6.07 Å². The zero-order valence-electron chi connectivity index (χ0n) is 13.3. The Kier molecular flexibility index (Phi) is 5.33. The van der Waals surface area contributed by atoms with Crippen LogP contribution in [-0.2, 0) is 16.0 Å². The maximum absolute atomic E-state index is 11.8. The Balaban J connectivity index is 3.22. The Morgan fingerprint density at radius 2 is 1.50 bits per heavy atom. The normalized spacial score (nSPS) is 11.8. The second-order valence-corrected chi connectivity index (χ2v) is 5.24. The van der Waals surface area contributed by atoms with Crippen LogP contribution in [0.5, 0.6) is 0 Å². The summed E-state index contributed by atoms with van der Waals surface area (Å²) in [4.78, 5) is 11.8. The molecule has 0 bridgehead atoms. The summed E-state index contributed by atoms with van der Waals surface area (Å²) in [6.45, 7) is 12.5. The summed E-state index contributed by atoms with van der Waals surface area (Å²) in [6.07, 6.45) is 0.426. The molecular weight excluding hydrogens is 250 g/mol. The molecule has 20 heavy (non-hydrogen) atoms. The standard InChI is InChI=1S/C17H23NO2/c1-7-20-17(19)15(9-18)8-16-13(5)11(3)10(2)12(4)14(16)6/h15H,7-8H2,1-6H3. The number of benzene rings is 1. The molecule has 0 heterocycles. The SMILES string of the molecule is CCOC(=O)C(C#N)Cc1c(C)c(C)c(C)c(C)c1C. The molecule has 1 aromatic carbocycles. The van der Waals surface area contributed by atoms with Crippen molar-refractivity contribution in [2.45, 2.75) is 48.0 Å². The Labute approximate surface area is 121 Å². The molecule has 0 aromatic heterocycles. The van der Waals surface area contributed by atoms with Gasteiger partial charge in [-0.25, -0.2) is 0 Å². The van der Waals surface area contributed by atoms with E-state index in [0.717, 1.165) is 5.56 Å². The topological polar surface area (TPSA) is 50.1 Å². The monoisotopic (exact) mass is 273 g/mol. The van der Waals surface area contributed by atoms with E-state index in [9.17, 15) is 10.1 Å². The molecule has 3 nitrogen and oxygen atoms in total. The lowest BCUT2D eigenvalue weighted by Gasteiger charge is -2.20. The number of carbonyl (C=O) groups is 1. The second-order valence-electron chi connectivity index (χ2n) is 5.24. The molecule has 0 fully saturated rings. The minimum absolute atomic E-state index is 0.306. The number of esters is 1. The van der Waals surface area contributed by atoms with Gasteiger partial charge in [0.05, 0.1) is 12.7 Å². The van der Waals surface area contributed by atoms with Gasteiger partial charge in [0.15, 0.2) is 0 Å². The number of carbonyl (C=O) groups excluding carboxylic acids is 1. The molecule has 1 atom stereocenters. The lowest BCUT2D eigenvalue weighted by atomic mass is 9.85. The van der Waals surface area contributed by atoms with Crippen LogP contribution in [0.1, 0.15) is 40.3 Å². The van der Waals surface area contributed by atoms with Gasteiger partial charge in [0.1, 0.15) is 5.92 Å². The van der Waals surface area contributed by atoms with E-state index in [-0.39, 0.29) is 0 Å². The van der Waals surface area contributed by atoms with Crippen LogP contribution in [0.15, 0.2) is 0 Å². The lowest BCUT2D eigenvalue weighted by molar-refractivity contribution is -0.145. The average Bonchev–Trinajstić information content (AvgIpc) is 2.43. The van der Waals surface area contributed by atoms with E-state index < -0.39 is 11.9 Å². The quantitative estimate of drug-likeness (QED) is 0.789. The highest BCUT2D eigenvalue weighted by atomic mass is 16.5. The Morgan fingerprint density at radius 1 is 1.05 bits per heavy atom. The summed E-state index contributed by atoms with van der Waals surface area (Å²) in [5.74, 6) is -1.15. The van der Waals surface area contributed by atoms with E-state index in [2.05, 4.69) is 40.7 Å². The molecule has 0 radical (unpaired) electrons. The summed E-state index contributed by atoms with van der Waals surface area (Å²) >= 11 is 0. The van der Waals surface area contributed by atoms with Crippen molar-refractivity contribution in [1.29, 1.82) is 5.26 Å². The smallest absolute Gasteiger partial charge is 0.323 e. The average molecular weight is 273 g/mol. The fraction of sp³-hybridized carbons (Fsp3) is 0.529. The van der Waals surface area contributed by atoms with Crippen molar-refractivity contribution in [3.63, 3.8) is 0 Å². The van der Waals surface area contributed by atoms with Gasteiger partial charge in [-0.15, -0.1) is 0 Å². The molecular formula is C17H23NO2. The summed E-state index contributed by atoms with van der Waals surface area (Å²) in [5, 5.41) is 9.21. The van der Waals surface area contributed by atoms with E-state index in [0.29, 0.717) is 13.0 Å². The number of ether oxygens (including phenoxy) is 1. The first-order chi connectivity index (χ1) is 9.34. The predicted octanol–water partition coefficient (Wildman–Crippen LogP) is 3.47. The van der Waals surface area contributed by atoms with Crippen molar-refractivity contribution in [1.82, 2.24) is 0 Å². The van der Waals surface area contributed by atoms with Crippen molar-refractivity contribution >= 4 is 5.97 Å². The van der Waals surface area contributed by atoms with E-state index in [1.54, 1.807) is 6.92 Å². The van der Waals surface area contributed by atoms with Crippen LogP contribution < -0.4 is 0 Å². The fourth-order valence-electron chi connectivity index (χ4n) is 2.51. The van der Waals surface area contributed by atoms with Crippen molar-refractivity contribution in [3.05, 3.63) is 33.4 Å². The molecule has 0 saturated heterocycles. The highest BCUT2D eigenvalue weighted by molar-refractivity contribution is 5.75. The number of hydrogen-bond acceptors (Lipinski definition) is 3. The predicted molar refractivity (Wildman–Crippen MR) is 79.6 cm³/mol. The van der Waals surface area contributed by atoms with E-state index in [1.807, 2.05) is 0 Å². The molecule has 0 amide bonds. The summed E-state index contributed by atoms with van der Waals surface area (Å²) in [6, 6.07) is 2.07. The zero-order chi connectivity index (χ0) is 15.4. The largest absolute Gasteiger partial charge is 0.465 e. The van der Waals surface area contributed by atoms with Gasteiger partial charge in [0, 0.05) is 0 Å². The number of nitrogens with zero attached hydrogens (tertiary/aromatic N) is 1. The lowest BCUT2D eigenvalue weighted by Crippen LogP contribution is -2.20. The van der Waals surface area contributed by atoms with Crippen molar-refractivity contribution in [2.24, 2.45) is 5.92 Å². The van der Waals surface area contributed by atoms with Crippen LogP contribution in [0.2, 0.25) is 0 Å². The first-order valence-electron chi connectivity index (χ1n) is 6.97. The third-order valence-electron chi connectivity index (χ3n) is 4.29. The molecule has 0 aliphatic carbocycles. The van der Waals surface area contributed by atoms with Gasteiger partial charge >= 0.3 is 5.97 Å². The maximum atomic E-state index is 11.8. The third-order valence-corrected chi connectivity index (χ3v) is 4.29. The van der Waals surface area contributed by atoms with Crippen LogP contribution in [0, 0.1) is 51.9 Å². The molecule has 108 valence electrons. The first-order valence-corrected chi connectivity index (χ1v) is 6.97. The summed E-state index contributed by atoms with van der Waals surface area (Å²) < 4.78 is 4.97. The molecule has 0 saturated carbocycles. The number of nitriles is 1. The highest BCUT2D eigenvalue weighted by Gasteiger charge is 2.23. The number of rotatable bonds is 4. The summed E-state index contributed by atoms with van der Waals surface area (Å²) in [7, 11) is 0. The minimum Gasteiger partial charge on any atom is -0.465 e. The molecule has 3 heteroatoms. The number of hydrogen-bond donors (Lipinski definition) is 0. The van der Waals surface area contributed by atoms with Gasteiger partial charge in [0.2, 0.25) is 0 Å². The minimum atomic E-state index is -0.728. The molecule has 0 N–H and O–H groups in total. The van der Waals surface area contributed by atoms with Crippen LogP contribution in [0.4, 0.5) is 0 Å². The van der Waals surface area contributed by atoms with Crippen LogP contribution in [0.25, 0.3) is 0 Å². The van der Waals surface area contributed by atoms with Gasteiger partial charge in [-0.05, 0) is 81.3 Å². The summed E-state index contributed by atoms with van der Waals surface area (Å²) in [5.41, 5.74) is 7.22. The Hall–Kier alpha value is -1.82. The fourth-order valence-corrected chi connectivity index (χ4v) is 2.51. The van der Waals surface area contributed by atoms with Gasteiger partial charge in [-0.2, -0.15) is 5.26 Å². The van der Waals surface area contributed by atoms with E-state index >= 15 is 0 Å². The Morgan fingerprint density at radius 3 is 1.90 bits per heavy atom. The van der Waals surface area contributed by atoms with E-state index in [1.165, 1.54) is 27.8 Å². The molecule has 1 rings (SSSR count). The molecule has 0 aliphatic rings. The molecule has 0 aliphatic heterocycles. The van der Waals surface area contributed by atoms with E-state index in [4.69, 9.17) is 4.74 Å². The van der Waals surface area contributed by atoms with Crippen LogP contribution in [0.3, 0.4) is 0 Å². The van der Waals surface area contributed by atoms with Gasteiger partial charge in [0.25, 0.3) is 0 Å². The van der Waals surface area contributed by atoms with Crippen LogP contribution in [-0.4, -0.2) is 12.6 Å². The van der Waals surface area contributed by atoms with Crippen LogP contribution >= 0.6 is 0 Å². The highest BCUT2D eigenvalue weighted by Crippen LogP contribution is 2.28. The first kappa shape index (κ1) is 16.2. The zero-order valence-corrected chi connectivity index (χ0v) is 13.3. The van der Waals surface area contributed by atoms with Gasteiger partial charge in [-0.1, -0.05) is 0 Å². The second kappa shape index (κ2) is 6.56. The van der Waals surface area contributed by atoms with Gasteiger partial charge < -0.3 is 4.74 Å². The third kappa shape index (κ3) is 3.01. The maximum Gasteiger partial charge on any atom is 0.323 e. The molecule has 1 unspecified atom stereocenters. The van der Waals surface area contributed by atoms with Crippen molar-refractivity contribution in [2.75, 3.05) is 6.61 Å². The Bertz CT molecular complexity index is 538. The van der Waals surface area contributed by atoms with Crippen molar-refractivity contribution < 1.29 is 9.53 Å².